The van der Waals surface area contributed by atoms with E-state index in [0.717, 1.165) is 36.3 Å². The summed E-state index contributed by atoms with van der Waals surface area (Å²) in [5.41, 5.74) is 2.62. The summed E-state index contributed by atoms with van der Waals surface area (Å²) >= 11 is 0. The molecule has 1 aliphatic rings. The summed E-state index contributed by atoms with van der Waals surface area (Å²) in [6, 6.07) is 11.8. The van der Waals surface area contributed by atoms with Gasteiger partial charge in [0.1, 0.15) is 5.69 Å². The molecule has 0 atom stereocenters. The van der Waals surface area contributed by atoms with E-state index in [4.69, 9.17) is 0 Å². The van der Waals surface area contributed by atoms with Crippen molar-refractivity contribution in [2.24, 2.45) is 0 Å². The predicted molar refractivity (Wildman–Crippen MR) is 78.4 cm³/mol. The van der Waals surface area contributed by atoms with Gasteiger partial charge in [-0.05, 0) is 24.6 Å². The highest BCUT2D eigenvalue weighted by Crippen LogP contribution is 2.15. The second kappa shape index (κ2) is 5.26. The van der Waals surface area contributed by atoms with Gasteiger partial charge in [0.25, 0.3) is 5.91 Å². The molecule has 0 radical (unpaired) electrons. The Labute approximate surface area is 118 Å². The van der Waals surface area contributed by atoms with Crippen LogP contribution in [0.1, 0.15) is 28.0 Å². The Morgan fingerprint density at radius 3 is 2.60 bits per heavy atom. The average molecular weight is 264 g/mol. The van der Waals surface area contributed by atoms with Crippen molar-refractivity contribution in [1.82, 2.24) is 9.47 Å². The molecule has 0 bridgehead atoms. The van der Waals surface area contributed by atoms with Gasteiger partial charge in [-0.1, -0.05) is 30.0 Å². The fourth-order valence-corrected chi connectivity index (χ4v) is 2.38. The molecule has 100 valence electrons. The van der Waals surface area contributed by atoms with Crippen LogP contribution in [0.15, 0.2) is 42.6 Å². The molecule has 0 unspecified atom stereocenters. The van der Waals surface area contributed by atoms with Crippen molar-refractivity contribution in [1.29, 1.82) is 0 Å². The van der Waals surface area contributed by atoms with E-state index >= 15 is 0 Å². The monoisotopic (exact) mass is 264 g/mol. The zero-order chi connectivity index (χ0) is 13.9. The molecule has 0 saturated carbocycles. The lowest BCUT2D eigenvalue weighted by molar-refractivity contribution is 0.0797. The van der Waals surface area contributed by atoms with Crippen LogP contribution in [0, 0.1) is 11.8 Å². The minimum Gasteiger partial charge on any atom is -0.342 e. The Morgan fingerprint density at radius 2 is 1.80 bits per heavy atom. The van der Waals surface area contributed by atoms with E-state index in [1.165, 1.54) is 0 Å². The van der Waals surface area contributed by atoms with E-state index in [2.05, 4.69) is 11.8 Å². The summed E-state index contributed by atoms with van der Waals surface area (Å²) in [7, 11) is 1.85. The number of aryl methyl sites for hydroxylation is 1. The van der Waals surface area contributed by atoms with Crippen molar-refractivity contribution in [3.05, 3.63) is 59.4 Å². The van der Waals surface area contributed by atoms with Crippen molar-refractivity contribution < 1.29 is 4.79 Å². The molecule has 3 heteroatoms. The first-order chi connectivity index (χ1) is 9.74. The summed E-state index contributed by atoms with van der Waals surface area (Å²) in [4.78, 5) is 14.0. The zero-order valence-electron chi connectivity index (χ0n) is 11.5. The molecule has 2 heterocycles. The van der Waals surface area contributed by atoms with Gasteiger partial charge in [-0.3, -0.25) is 4.79 Å². The zero-order valence-corrected chi connectivity index (χ0v) is 11.5. The molecule has 1 aromatic carbocycles. The highest BCUT2D eigenvalue weighted by Gasteiger charge is 2.20. The lowest BCUT2D eigenvalue weighted by Gasteiger charge is -2.12. The maximum Gasteiger partial charge on any atom is 0.270 e. The molecular formula is C17H16N2O. The Bertz CT molecular complexity index is 689. The van der Waals surface area contributed by atoms with Crippen LogP contribution in [0.5, 0.6) is 0 Å². The van der Waals surface area contributed by atoms with Crippen LogP contribution in [0.2, 0.25) is 0 Å². The topological polar surface area (TPSA) is 25.2 Å². The number of amides is 1. The molecular weight excluding hydrogens is 248 g/mol. The first-order valence-corrected chi connectivity index (χ1v) is 6.77. The van der Waals surface area contributed by atoms with Crippen molar-refractivity contribution in [2.75, 3.05) is 13.6 Å². The molecule has 1 aromatic heterocycles. The lowest BCUT2D eigenvalue weighted by Crippen LogP contribution is -2.26. The molecule has 0 saturated heterocycles. The van der Waals surface area contributed by atoms with Gasteiger partial charge in [-0.2, -0.15) is 0 Å². The highest BCUT2D eigenvalue weighted by atomic mass is 16.2. The number of nitrogens with zero attached hydrogens (tertiary/aromatic N) is 2. The van der Waals surface area contributed by atoms with Crippen molar-refractivity contribution in [3.8, 4) is 11.8 Å². The van der Waals surface area contributed by atoms with Crippen molar-refractivity contribution in [3.63, 3.8) is 0 Å². The van der Waals surface area contributed by atoms with Gasteiger partial charge < -0.3 is 9.47 Å². The largest absolute Gasteiger partial charge is 0.342 e. The number of carbonyl (C=O) groups is 1. The lowest BCUT2D eigenvalue weighted by atomic mass is 10.2. The van der Waals surface area contributed by atoms with E-state index in [0.29, 0.717) is 0 Å². The van der Waals surface area contributed by atoms with Crippen molar-refractivity contribution in [2.45, 2.75) is 13.0 Å². The summed E-state index contributed by atoms with van der Waals surface area (Å²) < 4.78 is 2.01. The maximum atomic E-state index is 12.2. The number of aromatic nitrogens is 1. The third kappa shape index (κ3) is 2.46. The third-order valence-electron chi connectivity index (χ3n) is 3.48. The normalized spacial score (nSPS) is 14.2. The summed E-state index contributed by atoms with van der Waals surface area (Å²) in [6.07, 6.45) is 2.96. The van der Waals surface area contributed by atoms with Crippen LogP contribution in [0.25, 0.3) is 0 Å². The average Bonchev–Trinajstić information content (AvgIpc) is 2.83. The maximum absolute atomic E-state index is 12.2. The molecule has 0 aliphatic carbocycles. The first kappa shape index (κ1) is 12.6. The van der Waals surface area contributed by atoms with Crippen LogP contribution in [-0.2, 0) is 6.54 Å². The highest BCUT2D eigenvalue weighted by molar-refractivity contribution is 5.93. The summed E-state index contributed by atoms with van der Waals surface area (Å²) in [6.45, 7) is 1.68. The third-order valence-corrected chi connectivity index (χ3v) is 3.48. The SMILES string of the molecule is CN1CCCn2cc(C#Cc3ccccc3)cc2C1=O. The van der Waals surface area contributed by atoms with Gasteiger partial charge in [0.05, 0.1) is 0 Å². The van der Waals surface area contributed by atoms with Crippen LogP contribution in [-0.4, -0.2) is 29.0 Å². The minimum absolute atomic E-state index is 0.0789. The number of carbonyl (C=O) groups excluding carboxylic acids is 1. The molecule has 1 aliphatic heterocycles. The van der Waals surface area contributed by atoms with Crippen LogP contribution in [0.4, 0.5) is 0 Å². The molecule has 20 heavy (non-hydrogen) atoms. The fraction of sp³-hybridized carbons (Fsp3) is 0.235. The number of hydrogen-bond acceptors (Lipinski definition) is 1. The molecule has 1 amide bonds. The predicted octanol–water partition coefficient (Wildman–Crippen LogP) is 2.36. The van der Waals surface area contributed by atoms with Gasteiger partial charge in [-0.15, -0.1) is 0 Å². The molecule has 3 nitrogen and oxygen atoms in total. The Kier molecular flexibility index (Phi) is 3.30. The Morgan fingerprint density at radius 1 is 1.05 bits per heavy atom. The van der Waals surface area contributed by atoms with Gasteiger partial charge >= 0.3 is 0 Å². The van der Waals surface area contributed by atoms with Gasteiger partial charge in [0.15, 0.2) is 0 Å². The van der Waals surface area contributed by atoms with E-state index in [9.17, 15) is 4.79 Å². The van der Waals surface area contributed by atoms with E-state index in [-0.39, 0.29) is 5.91 Å². The fourth-order valence-electron chi connectivity index (χ4n) is 2.38. The van der Waals surface area contributed by atoms with Gasteiger partial charge in [0, 0.05) is 37.5 Å². The summed E-state index contributed by atoms with van der Waals surface area (Å²) in [5.74, 6) is 6.33. The van der Waals surface area contributed by atoms with Crippen LogP contribution < -0.4 is 0 Å². The van der Waals surface area contributed by atoms with Crippen LogP contribution in [0.3, 0.4) is 0 Å². The minimum atomic E-state index is 0.0789. The van der Waals surface area contributed by atoms with Crippen LogP contribution >= 0.6 is 0 Å². The Hall–Kier alpha value is -2.47. The second-order valence-corrected chi connectivity index (χ2v) is 5.00. The van der Waals surface area contributed by atoms with Crippen molar-refractivity contribution >= 4 is 5.91 Å². The smallest absolute Gasteiger partial charge is 0.270 e. The standard InChI is InChI=1S/C17H16N2O/c1-18-10-5-11-19-13-15(12-16(19)17(18)20)9-8-14-6-3-2-4-7-14/h2-4,6-7,12-13H,5,10-11H2,1H3. The van der Waals surface area contributed by atoms with Gasteiger partial charge in [-0.25, -0.2) is 0 Å². The molecule has 0 spiro atoms. The van der Waals surface area contributed by atoms with E-state index in [1.54, 1.807) is 4.90 Å². The molecule has 0 N–H and O–H groups in total. The first-order valence-electron chi connectivity index (χ1n) is 6.77. The molecule has 2 aromatic rings. The quantitative estimate of drug-likeness (QED) is 0.671. The summed E-state index contributed by atoms with van der Waals surface area (Å²) in [5, 5.41) is 0. The number of fused-ring (bicyclic) bond motifs is 1. The molecule has 0 fully saturated rings. The number of rotatable bonds is 0. The van der Waals surface area contributed by atoms with E-state index in [1.807, 2.05) is 54.2 Å². The van der Waals surface area contributed by atoms with E-state index < -0.39 is 0 Å². The number of benzene rings is 1. The van der Waals surface area contributed by atoms with Gasteiger partial charge in [0.2, 0.25) is 0 Å². The Balaban J connectivity index is 1.91. The molecule has 3 rings (SSSR count). The number of hydrogen-bond donors (Lipinski definition) is 0. The second-order valence-electron chi connectivity index (χ2n) is 5.00.